The minimum atomic E-state index is 0.732. The lowest BCUT2D eigenvalue weighted by molar-refractivity contribution is 0.249. The number of benzene rings is 1. The molecule has 134 valence electrons. The first-order valence-corrected chi connectivity index (χ1v) is 9.73. The van der Waals surface area contributed by atoms with E-state index in [-0.39, 0.29) is 0 Å². The van der Waals surface area contributed by atoms with E-state index in [0.717, 1.165) is 48.5 Å². The lowest BCUT2D eigenvalue weighted by Crippen LogP contribution is -2.20. The van der Waals surface area contributed by atoms with Gasteiger partial charge in [0.1, 0.15) is 5.65 Å². The summed E-state index contributed by atoms with van der Waals surface area (Å²) < 4.78 is 8.10. The van der Waals surface area contributed by atoms with E-state index in [1.165, 1.54) is 36.1 Å². The summed E-state index contributed by atoms with van der Waals surface area (Å²) in [6.07, 6.45) is 9.22. The van der Waals surface area contributed by atoms with Crippen LogP contribution in [0.5, 0.6) is 5.88 Å². The molecule has 2 aliphatic rings. The number of anilines is 1. The molecule has 3 aromatic rings. The molecule has 0 radical (unpaired) electrons. The van der Waals surface area contributed by atoms with Gasteiger partial charge in [-0.1, -0.05) is 12.5 Å². The third-order valence-corrected chi connectivity index (χ3v) is 6.13. The zero-order valence-corrected chi connectivity index (χ0v) is 15.2. The number of ether oxygens (including phenoxy) is 1. The molecule has 26 heavy (non-hydrogen) atoms. The van der Waals surface area contributed by atoms with Crippen LogP contribution < -0.4 is 10.1 Å². The Morgan fingerprint density at radius 2 is 1.92 bits per heavy atom. The second-order valence-electron chi connectivity index (χ2n) is 7.72. The summed E-state index contributed by atoms with van der Waals surface area (Å²) in [5.74, 6) is 2.23. The van der Waals surface area contributed by atoms with Crippen molar-refractivity contribution < 1.29 is 4.74 Å². The Morgan fingerprint density at radius 3 is 2.88 bits per heavy atom. The predicted octanol–water partition coefficient (Wildman–Crippen LogP) is 4.92. The molecule has 4 nitrogen and oxygen atoms in total. The standard InChI is InChI=1S/C22H25N3O/c1-15-5-6-18-13-20(15)19-7-10-25-11-8-21(24-22(19)25)26-12-9-16-3-2-4-17(16)14-23-18/h5-8,10-11,13,16-17,23H,2-4,9,12,14H2,1H3. The number of nitrogens with one attached hydrogen (secondary N) is 1. The van der Waals surface area contributed by atoms with Crippen molar-refractivity contribution in [1.29, 1.82) is 0 Å². The highest BCUT2D eigenvalue weighted by molar-refractivity contribution is 5.82. The first kappa shape index (κ1) is 15.7. The Labute approximate surface area is 154 Å². The molecule has 2 aromatic heterocycles. The number of hydrogen-bond acceptors (Lipinski definition) is 3. The van der Waals surface area contributed by atoms with Crippen LogP contribution in [-0.2, 0) is 0 Å². The summed E-state index contributed by atoms with van der Waals surface area (Å²) in [6.45, 7) is 3.98. The quantitative estimate of drug-likeness (QED) is 0.627. The molecule has 2 unspecified atom stereocenters. The van der Waals surface area contributed by atoms with Gasteiger partial charge in [0.05, 0.1) is 6.61 Å². The zero-order valence-electron chi connectivity index (χ0n) is 15.2. The normalized spacial score (nSPS) is 22.5. The van der Waals surface area contributed by atoms with Crippen molar-refractivity contribution in [1.82, 2.24) is 9.38 Å². The van der Waals surface area contributed by atoms with Crippen molar-refractivity contribution in [2.45, 2.75) is 32.6 Å². The van der Waals surface area contributed by atoms with Crippen molar-refractivity contribution in [2.24, 2.45) is 11.8 Å². The summed E-state index contributed by atoms with van der Waals surface area (Å²) in [5.41, 5.74) is 5.83. The summed E-state index contributed by atoms with van der Waals surface area (Å²) in [6, 6.07) is 10.8. The molecule has 2 atom stereocenters. The van der Waals surface area contributed by atoms with E-state index >= 15 is 0 Å². The Morgan fingerprint density at radius 1 is 1.04 bits per heavy atom. The summed E-state index contributed by atoms with van der Waals surface area (Å²) in [4.78, 5) is 4.80. The van der Waals surface area contributed by atoms with Crippen LogP contribution in [0.1, 0.15) is 31.2 Å². The van der Waals surface area contributed by atoms with Crippen molar-refractivity contribution in [2.75, 3.05) is 18.5 Å². The number of aromatic nitrogens is 2. The molecule has 1 aliphatic heterocycles. The van der Waals surface area contributed by atoms with Gasteiger partial charge in [-0.2, -0.15) is 4.98 Å². The van der Waals surface area contributed by atoms with Crippen LogP contribution in [0.25, 0.3) is 16.8 Å². The molecule has 1 aromatic carbocycles. The molecule has 4 heteroatoms. The molecule has 0 amide bonds. The van der Waals surface area contributed by atoms with Gasteiger partial charge in [0.15, 0.2) is 0 Å². The molecule has 1 fully saturated rings. The highest BCUT2D eigenvalue weighted by atomic mass is 16.5. The van der Waals surface area contributed by atoms with Gasteiger partial charge in [0.25, 0.3) is 0 Å². The van der Waals surface area contributed by atoms with Crippen LogP contribution >= 0.6 is 0 Å². The van der Waals surface area contributed by atoms with Crippen LogP contribution in [0.2, 0.25) is 0 Å². The SMILES string of the molecule is Cc1ccc2cc1-c1ccn3ccc(nc13)OCCC1CCCC1CN2. The average molecular weight is 347 g/mol. The average Bonchev–Trinajstić information content (AvgIpc) is 3.27. The number of aryl methyl sites for hydroxylation is 1. The molecule has 3 heterocycles. The Hall–Kier alpha value is -2.49. The highest BCUT2D eigenvalue weighted by Crippen LogP contribution is 2.36. The first-order valence-electron chi connectivity index (χ1n) is 9.73. The first-order chi connectivity index (χ1) is 12.8. The molecule has 4 bridgehead atoms. The van der Waals surface area contributed by atoms with Crippen molar-refractivity contribution in [3.05, 3.63) is 48.3 Å². The van der Waals surface area contributed by atoms with Crippen molar-refractivity contribution >= 4 is 11.3 Å². The Kier molecular flexibility index (Phi) is 3.84. The van der Waals surface area contributed by atoms with Crippen LogP contribution in [0.3, 0.4) is 0 Å². The monoisotopic (exact) mass is 347 g/mol. The van der Waals surface area contributed by atoms with Gasteiger partial charge in [-0.15, -0.1) is 0 Å². The number of hydrogen-bond donors (Lipinski definition) is 1. The molecule has 1 saturated carbocycles. The number of rotatable bonds is 0. The zero-order chi connectivity index (χ0) is 17.5. The van der Waals surface area contributed by atoms with Gasteiger partial charge < -0.3 is 14.5 Å². The van der Waals surface area contributed by atoms with Crippen LogP contribution in [0.4, 0.5) is 5.69 Å². The molecule has 0 saturated heterocycles. The highest BCUT2D eigenvalue weighted by Gasteiger charge is 2.27. The minimum absolute atomic E-state index is 0.732. The maximum absolute atomic E-state index is 6.03. The molecule has 1 N–H and O–H groups in total. The van der Waals surface area contributed by atoms with Gasteiger partial charge in [-0.3, -0.25) is 0 Å². The Balaban J connectivity index is 1.62. The van der Waals surface area contributed by atoms with Gasteiger partial charge in [-0.05, 0) is 67.3 Å². The lowest BCUT2D eigenvalue weighted by atomic mass is 9.93. The van der Waals surface area contributed by atoms with E-state index < -0.39 is 0 Å². The molecule has 5 rings (SSSR count). The third-order valence-electron chi connectivity index (χ3n) is 6.13. The van der Waals surface area contributed by atoms with E-state index in [0.29, 0.717) is 0 Å². The van der Waals surface area contributed by atoms with Gasteiger partial charge in [0.2, 0.25) is 5.88 Å². The summed E-state index contributed by atoms with van der Waals surface area (Å²) in [7, 11) is 0. The summed E-state index contributed by atoms with van der Waals surface area (Å²) >= 11 is 0. The van der Waals surface area contributed by atoms with E-state index in [1.54, 1.807) is 0 Å². The fraction of sp³-hybridized carbons (Fsp3) is 0.409. The van der Waals surface area contributed by atoms with Crippen LogP contribution in [-0.4, -0.2) is 22.5 Å². The third kappa shape index (κ3) is 2.74. The van der Waals surface area contributed by atoms with Crippen molar-refractivity contribution in [3.63, 3.8) is 0 Å². The molecular formula is C22H25N3O. The van der Waals surface area contributed by atoms with Gasteiger partial charge >= 0.3 is 0 Å². The van der Waals surface area contributed by atoms with Gasteiger partial charge in [-0.25, -0.2) is 0 Å². The molecule has 0 spiro atoms. The predicted molar refractivity (Wildman–Crippen MR) is 105 cm³/mol. The summed E-state index contributed by atoms with van der Waals surface area (Å²) in [5, 5.41) is 3.70. The van der Waals surface area contributed by atoms with E-state index in [1.807, 2.05) is 12.3 Å². The van der Waals surface area contributed by atoms with E-state index in [9.17, 15) is 0 Å². The maximum Gasteiger partial charge on any atom is 0.216 e. The lowest BCUT2D eigenvalue weighted by Gasteiger charge is -2.21. The largest absolute Gasteiger partial charge is 0.478 e. The van der Waals surface area contributed by atoms with E-state index in [4.69, 9.17) is 9.72 Å². The van der Waals surface area contributed by atoms with Crippen LogP contribution in [0, 0.1) is 18.8 Å². The molecule has 1 aliphatic carbocycles. The number of nitrogens with zero attached hydrogens (tertiary/aromatic N) is 2. The second kappa shape index (κ2) is 6.35. The Bertz CT molecular complexity index is 946. The van der Waals surface area contributed by atoms with Crippen LogP contribution in [0.15, 0.2) is 42.7 Å². The molecular weight excluding hydrogens is 322 g/mol. The topological polar surface area (TPSA) is 38.6 Å². The number of fused-ring (bicyclic) bond motifs is 5. The van der Waals surface area contributed by atoms with Crippen molar-refractivity contribution in [3.8, 4) is 17.0 Å². The maximum atomic E-state index is 6.03. The van der Waals surface area contributed by atoms with Gasteiger partial charge in [0, 0.05) is 36.3 Å². The van der Waals surface area contributed by atoms with E-state index in [2.05, 4.69) is 47.1 Å². The fourth-order valence-corrected chi connectivity index (χ4v) is 4.60. The smallest absolute Gasteiger partial charge is 0.216 e. The fourth-order valence-electron chi connectivity index (χ4n) is 4.60. The minimum Gasteiger partial charge on any atom is -0.478 e. The second-order valence-corrected chi connectivity index (χ2v) is 7.72.